The number of benzene rings is 2. The lowest BCUT2D eigenvalue weighted by molar-refractivity contribution is 0.460. The van der Waals surface area contributed by atoms with Crippen LogP contribution < -0.4 is 5.32 Å². The first kappa shape index (κ1) is 20.1. The van der Waals surface area contributed by atoms with Crippen LogP contribution >= 0.6 is 24.2 Å². The molecule has 7 heteroatoms. The summed E-state index contributed by atoms with van der Waals surface area (Å²) >= 11 is 1.60. The molecule has 0 radical (unpaired) electrons. The minimum Gasteiger partial charge on any atom is -0.508 e. The molecule has 0 aliphatic carbocycles. The quantitative estimate of drug-likeness (QED) is 0.748. The number of sulfone groups is 1. The Bertz CT molecular complexity index is 834. The summed E-state index contributed by atoms with van der Waals surface area (Å²) in [7, 11) is -3.63. The van der Waals surface area contributed by atoms with E-state index in [2.05, 4.69) is 5.32 Å². The molecule has 0 amide bonds. The maximum Gasteiger partial charge on any atom is 0.206 e. The van der Waals surface area contributed by atoms with Gasteiger partial charge in [-0.15, -0.1) is 24.2 Å². The van der Waals surface area contributed by atoms with Gasteiger partial charge in [-0.2, -0.15) is 0 Å². The molecular formula is C18H22ClNO3S2. The van der Waals surface area contributed by atoms with E-state index in [1.54, 1.807) is 42.1 Å². The topological polar surface area (TPSA) is 66.4 Å². The van der Waals surface area contributed by atoms with E-state index < -0.39 is 9.84 Å². The van der Waals surface area contributed by atoms with Gasteiger partial charge in [-0.3, -0.25) is 0 Å². The minimum atomic E-state index is -3.63. The Kier molecular flexibility index (Phi) is 6.79. The van der Waals surface area contributed by atoms with Crippen LogP contribution in [0.5, 0.6) is 5.75 Å². The maximum atomic E-state index is 12.8. The molecule has 1 heterocycles. The number of hydrogen-bond acceptors (Lipinski definition) is 5. The Morgan fingerprint density at radius 3 is 2.60 bits per heavy atom. The summed E-state index contributed by atoms with van der Waals surface area (Å²) in [6.45, 7) is 3.77. The van der Waals surface area contributed by atoms with Gasteiger partial charge >= 0.3 is 0 Å². The van der Waals surface area contributed by atoms with E-state index in [1.165, 1.54) is 6.07 Å². The summed E-state index contributed by atoms with van der Waals surface area (Å²) in [6.07, 6.45) is 0.954. The highest BCUT2D eigenvalue weighted by molar-refractivity contribution is 7.99. The van der Waals surface area contributed by atoms with Crippen LogP contribution in [0.3, 0.4) is 0 Å². The average molecular weight is 400 g/mol. The zero-order valence-electron chi connectivity index (χ0n) is 13.9. The number of nitrogens with one attached hydrogen (secondary N) is 1. The van der Waals surface area contributed by atoms with Crippen molar-refractivity contribution in [2.75, 3.05) is 18.8 Å². The SMILES string of the molecule is CCSc1cccc(S(=O)(=O)c2ccc(C3CCNC3)c(O)c2)c1.Cl. The van der Waals surface area contributed by atoms with E-state index >= 15 is 0 Å². The van der Waals surface area contributed by atoms with E-state index in [0.29, 0.717) is 0 Å². The molecule has 2 N–H and O–H groups in total. The molecule has 0 bridgehead atoms. The molecule has 25 heavy (non-hydrogen) atoms. The van der Waals surface area contributed by atoms with Gasteiger partial charge in [0, 0.05) is 17.4 Å². The fourth-order valence-electron chi connectivity index (χ4n) is 2.99. The largest absolute Gasteiger partial charge is 0.508 e. The lowest BCUT2D eigenvalue weighted by atomic mass is 9.98. The molecule has 4 nitrogen and oxygen atoms in total. The van der Waals surface area contributed by atoms with E-state index in [9.17, 15) is 13.5 Å². The van der Waals surface area contributed by atoms with Crippen LogP contribution in [0.4, 0.5) is 0 Å². The number of thioether (sulfide) groups is 1. The minimum absolute atomic E-state index is 0. The first-order chi connectivity index (χ1) is 11.5. The maximum absolute atomic E-state index is 12.8. The molecule has 1 aliphatic rings. The lowest BCUT2D eigenvalue weighted by Crippen LogP contribution is -2.08. The number of aromatic hydroxyl groups is 1. The summed E-state index contributed by atoms with van der Waals surface area (Å²) < 4.78 is 25.7. The van der Waals surface area contributed by atoms with E-state index in [-0.39, 0.29) is 33.9 Å². The van der Waals surface area contributed by atoms with Crippen molar-refractivity contribution in [1.82, 2.24) is 5.32 Å². The average Bonchev–Trinajstić information content (AvgIpc) is 3.09. The second-order valence-electron chi connectivity index (χ2n) is 5.82. The van der Waals surface area contributed by atoms with E-state index in [0.717, 1.165) is 35.7 Å². The highest BCUT2D eigenvalue weighted by atomic mass is 35.5. The molecule has 1 unspecified atom stereocenters. The van der Waals surface area contributed by atoms with E-state index in [4.69, 9.17) is 0 Å². The van der Waals surface area contributed by atoms with Crippen molar-refractivity contribution in [3.63, 3.8) is 0 Å². The van der Waals surface area contributed by atoms with Gasteiger partial charge in [-0.05, 0) is 54.6 Å². The van der Waals surface area contributed by atoms with Crippen molar-refractivity contribution in [2.45, 2.75) is 33.9 Å². The number of phenols is 1. The molecule has 1 atom stereocenters. The molecule has 1 saturated heterocycles. The van der Waals surface area contributed by atoms with Crippen LogP contribution in [0.1, 0.15) is 24.8 Å². The molecule has 1 fully saturated rings. The zero-order chi connectivity index (χ0) is 17.2. The van der Waals surface area contributed by atoms with Gasteiger partial charge in [0.25, 0.3) is 0 Å². The lowest BCUT2D eigenvalue weighted by Gasteiger charge is -2.13. The molecule has 2 aromatic carbocycles. The molecule has 3 rings (SSSR count). The Morgan fingerprint density at radius 1 is 1.20 bits per heavy atom. The number of hydrogen-bond donors (Lipinski definition) is 2. The third-order valence-corrected chi connectivity index (χ3v) is 6.86. The van der Waals surface area contributed by atoms with Crippen LogP contribution in [-0.4, -0.2) is 32.4 Å². The van der Waals surface area contributed by atoms with Crippen molar-refractivity contribution in [1.29, 1.82) is 0 Å². The first-order valence-electron chi connectivity index (χ1n) is 8.04. The van der Waals surface area contributed by atoms with Crippen LogP contribution in [-0.2, 0) is 9.84 Å². The number of halogens is 1. The molecule has 1 aliphatic heterocycles. The first-order valence-corrected chi connectivity index (χ1v) is 10.5. The van der Waals surface area contributed by atoms with Crippen LogP contribution in [0.15, 0.2) is 57.2 Å². The standard InChI is InChI=1S/C18H21NO3S2.ClH/c1-2-23-14-4-3-5-15(10-14)24(21,22)16-6-7-17(18(20)11-16)13-8-9-19-12-13;/h3-7,10-11,13,19-20H,2,8-9,12H2,1H3;1H. The predicted octanol–water partition coefficient (Wildman–Crippen LogP) is 3.84. The van der Waals surface area contributed by atoms with Crippen LogP contribution in [0, 0.1) is 0 Å². The molecule has 2 aromatic rings. The zero-order valence-corrected chi connectivity index (χ0v) is 16.4. The second-order valence-corrected chi connectivity index (χ2v) is 9.11. The highest BCUT2D eigenvalue weighted by Gasteiger charge is 2.23. The van der Waals surface area contributed by atoms with Gasteiger partial charge < -0.3 is 10.4 Å². The predicted molar refractivity (Wildman–Crippen MR) is 104 cm³/mol. The highest BCUT2D eigenvalue weighted by Crippen LogP contribution is 2.34. The third kappa shape index (κ3) is 4.31. The van der Waals surface area contributed by atoms with Gasteiger partial charge in [0.2, 0.25) is 9.84 Å². The number of phenolic OH excluding ortho intramolecular Hbond substituents is 1. The second kappa shape index (κ2) is 8.45. The van der Waals surface area contributed by atoms with Crippen molar-refractivity contribution >= 4 is 34.0 Å². The monoisotopic (exact) mass is 399 g/mol. The molecular weight excluding hydrogens is 378 g/mol. The van der Waals surface area contributed by atoms with Crippen LogP contribution in [0.2, 0.25) is 0 Å². The fraction of sp³-hybridized carbons (Fsp3) is 0.333. The fourth-order valence-corrected chi connectivity index (χ4v) is 5.11. The Hall–Kier alpha value is -1.21. The van der Waals surface area contributed by atoms with Gasteiger partial charge in [-0.25, -0.2) is 8.42 Å². The van der Waals surface area contributed by atoms with Gasteiger partial charge in [0.05, 0.1) is 9.79 Å². The van der Waals surface area contributed by atoms with Gasteiger partial charge in [0.15, 0.2) is 0 Å². The van der Waals surface area contributed by atoms with Crippen molar-refractivity contribution < 1.29 is 13.5 Å². The van der Waals surface area contributed by atoms with E-state index in [1.807, 2.05) is 13.0 Å². The third-order valence-electron chi connectivity index (χ3n) is 4.24. The molecule has 136 valence electrons. The normalized spacial score (nSPS) is 17.2. The summed E-state index contributed by atoms with van der Waals surface area (Å²) in [6, 6.07) is 11.7. The molecule has 0 spiro atoms. The Labute approximate surface area is 159 Å². The van der Waals surface area contributed by atoms with Crippen molar-refractivity contribution in [2.24, 2.45) is 0 Å². The summed E-state index contributed by atoms with van der Waals surface area (Å²) in [4.78, 5) is 1.32. The number of rotatable bonds is 5. The Morgan fingerprint density at radius 2 is 1.96 bits per heavy atom. The smallest absolute Gasteiger partial charge is 0.206 e. The molecule has 0 aromatic heterocycles. The van der Waals surface area contributed by atoms with Crippen molar-refractivity contribution in [3.05, 3.63) is 48.0 Å². The van der Waals surface area contributed by atoms with Crippen LogP contribution in [0.25, 0.3) is 0 Å². The van der Waals surface area contributed by atoms with Gasteiger partial charge in [0.1, 0.15) is 5.75 Å². The summed E-state index contributed by atoms with van der Waals surface area (Å²) in [5, 5.41) is 13.6. The Balaban J connectivity index is 0.00000225. The van der Waals surface area contributed by atoms with Crippen molar-refractivity contribution in [3.8, 4) is 5.75 Å². The van der Waals surface area contributed by atoms with Gasteiger partial charge in [-0.1, -0.05) is 19.1 Å². The summed E-state index contributed by atoms with van der Waals surface area (Å²) in [5.41, 5.74) is 0.814. The molecule has 0 saturated carbocycles. The summed E-state index contributed by atoms with van der Waals surface area (Å²) in [5.74, 6) is 1.18.